The number of aliphatic imine (C=N–C) groups is 1. The Hall–Kier alpha value is -2.70. The second-order valence-electron chi connectivity index (χ2n) is 9.25. The Bertz CT molecular complexity index is 1110. The van der Waals surface area contributed by atoms with Gasteiger partial charge in [0.2, 0.25) is 0 Å². The maximum atomic E-state index is 9.75. The van der Waals surface area contributed by atoms with Crippen molar-refractivity contribution in [1.29, 1.82) is 5.26 Å². The molecule has 2 aromatic carbocycles. The van der Waals surface area contributed by atoms with E-state index in [1.54, 1.807) is 0 Å². The van der Waals surface area contributed by atoms with Gasteiger partial charge in [0.1, 0.15) is 6.07 Å². The summed E-state index contributed by atoms with van der Waals surface area (Å²) in [7, 11) is 0. The number of ether oxygens (including phenoxy) is 1. The van der Waals surface area contributed by atoms with E-state index in [-0.39, 0.29) is 5.41 Å². The third kappa shape index (κ3) is 8.18. The van der Waals surface area contributed by atoms with Crippen molar-refractivity contribution in [3.05, 3.63) is 83.2 Å². The van der Waals surface area contributed by atoms with Gasteiger partial charge in [0.25, 0.3) is 0 Å². The standard InChI is InChI=1S/C27H33N4O.2CH3.Sb/c1-7-9-24(31-20(4)29)18-32-25-12-10-22(11-13-25)27(5,6)23-15-19(3)26(30-14-8-2)21(16-23)17-28;;;/h7,9-13,15-16,29-30H,4,8,14,18H2,1-3,5-6H3;2*1H3;/q-1;;;+1/b9-7-,31-24+;;;. The quantitative estimate of drug-likeness (QED) is 0.216. The molecule has 35 heavy (non-hydrogen) atoms. The molecule has 6 heteroatoms. The summed E-state index contributed by atoms with van der Waals surface area (Å²) >= 11 is -1.40. The summed E-state index contributed by atoms with van der Waals surface area (Å²) in [6.45, 7) is 15.8. The molecule has 0 saturated heterocycles. The fourth-order valence-corrected chi connectivity index (χ4v) is 5.40. The van der Waals surface area contributed by atoms with Crippen LogP contribution in [0.2, 0.25) is 9.74 Å². The number of nitriles is 1. The molecule has 2 N–H and O–H groups in total. The predicted molar refractivity (Wildman–Crippen MR) is 151 cm³/mol. The van der Waals surface area contributed by atoms with E-state index in [1.807, 2.05) is 37.3 Å². The van der Waals surface area contributed by atoms with Crippen LogP contribution in [-0.4, -0.2) is 39.4 Å². The molecule has 0 unspecified atom stereocenters. The molecule has 0 fully saturated rings. The topological polar surface area (TPSA) is 69.4 Å². The Kier molecular flexibility index (Phi) is 10.9. The summed E-state index contributed by atoms with van der Waals surface area (Å²) in [5.74, 6) is 1.49. The molecule has 0 aromatic heterocycles. The van der Waals surface area contributed by atoms with E-state index in [0.29, 0.717) is 18.0 Å². The fraction of sp³-hybridized carbons (Fsp3) is 0.379. The first-order valence-corrected chi connectivity index (χ1v) is 18.4. The summed E-state index contributed by atoms with van der Waals surface area (Å²) in [6.07, 6.45) is 4.92. The van der Waals surface area contributed by atoms with Crippen LogP contribution in [0.1, 0.15) is 56.4 Å². The van der Waals surface area contributed by atoms with E-state index in [4.69, 9.17) is 4.74 Å². The van der Waals surface area contributed by atoms with Crippen LogP contribution in [0.3, 0.4) is 0 Å². The van der Waals surface area contributed by atoms with Crippen LogP contribution < -0.4 is 13.5 Å². The van der Waals surface area contributed by atoms with Crippen LogP contribution in [0.15, 0.2) is 65.9 Å². The van der Waals surface area contributed by atoms with Gasteiger partial charge in [-0.1, -0.05) is 13.0 Å². The molecule has 186 valence electrons. The summed E-state index contributed by atoms with van der Waals surface area (Å²) < 4.78 is 9.40. The Morgan fingerprint density at radius 2 is 1.89 bits per heavy atom. The molecule has 0 amide bonds. The van der Waals surface area contributed by atoms with Crippen LogP contribution in [-0.2, 0) is 5.41 Å². The van der Waals surface area contributed by atoms with Crippen molar-refractivity contribution in [3.8, 4) is 11.8 Å². The van der Waals surface area contributed by atoms with Crippen LogP contribution in [0, 0.1) is 18.3 Å². The van der Waals surface area contributed by atoms with Gasteiger partial charge in [0.15, 0.2) is 0 Å². The number of anilines is 1. The monoisotopic (exact) mass is 580 g/mol. The number of hydrogen-bond donors (Lipinski definition) is 2. The van der Waals surface area contributed by atoms with Gasteiger partial charge in [-0.3, -0.25) is 0 Å². The van der Waals surface area contributed by atoms with Crippen molar-refractivity contribution >= 4 is 31.9 Å². The molecule has 0 saturated carbocycles. The van der Waals surface area contributed by atoms with E-state index in [1.165, 1.54) is 0 Å². The van der Waals surface area contributed by atoms with Crippen molar-refractivity contribution in [1.82, 2.24) is 3.48 Å². The van der Waals surface area contributed by atoms with Crippen molar-refractivity contribution < 1.29 is 4.74 Å². The minimum absolute atomic E-state index is 0.263. The Morgan fingerprint density at radius 3 is 2.46 bits per heavy atom. The molecule has 0 aliphatic heterocycles. The molecule has 0 radical (unpaired) electrons. The molecule has 0 aliphatic carbocycles. The van der Waals surface area contributed by atoms with E-state index < -0.39 is 20.5 Å². The van der Waals surface area contributed by atoms with E-state index in [2.05, 4.69) is 82.1 Å². The van der Waals surface area contributed by atoms with Crippen molar-refractivity contribution in [3.63, 3.8) is 0 Å². The molecular weight excluding hydrogens is 542 g/mol. The van der Waals surface area contributed by atoms with Gasteiger partial charge in [-0.25, -0.2) is 0 Å². The number of nitrogens with one attached hydrogen (secondary N) is 2. The molecule has 0 spiro atoms. The average molecular weight is 581 g/mol. The molecule has 0 aliphatic rings. The zero-order chi connectivity index (χ0) is 26.0. The molecule has 2 aromatic rings. The van der Waals surface area contributed by atoms with Gasteiger partial charge in [0.05, 0.1) is 11.3 Å². The van der Waals surface area contributed by atoms with Gasteiger partial charge in [0, 0.05) is 6.54 Å². The number of allylic oxidation sites excluding steroid dienone is 1. The zero-order valence-corrected chi connectivity index (χ0v) is 24.7. The van der Waals surface area contributed by atoms with Crippen molar-refractivity contribution in [2.75, 3.05) is 18.5 Å². The van der Waals surface area contributed by atoms with Crippen molar-refractivity contribution in [2.45, 2.75) is 56.2 Å². The molecular formula is C29H39N4OSb. The summed E-state index contributed by atoms with van der Waals surface area (Å²) in [4.78, 5) is 9.05. The molecule has 0 heterocycles. The average Bonchev–Trinajstić information content (AvgIpc) is 2.81. The Labute approximate surface area is 219 Å². The van der Waals surface area contributed by atoms with Gasteiger partial charge in [-0.05, 0) is 25.0 Å². The van der Waals surface area contributed by atoms with E-state index >= 15 is 0 Å². The number of rotatable bonds is 12. The first-order chi connectivity index (χ1) is 16.6. The third-order valence-corrected chi connectivity index (χ3v) is 7.70. The Morgan fingerprint density at radius 1 is 1.20 bits per heavy atom. The summed E-state index contributed by atoms with van der Waals surface area (Å²) in [6, 6.07) is 14.8. The van der Waals surface area contributed by atoms with Gasteiger partial charge in [-0.2, -0.15) is 5.26 Å². The fourth-order valence-electron chi connectivity index (χ4n) is 3.78. The normalized spacial score (nSPS) is 12.0. The van der Waals surface area contributed by atoms with Crippen LogP contribution in [0.25, 0.3) is 0 Å². The van der Waals surface area contributed by atoms with Gasteiger partial charge < -0.3 is 5.32 Å². The zero-order valence-electron chi connectivity index (χ0n) is 22.2. The summed E-state index contributed by atoms with van der Waals surface area (Å²) in [5.41, 5.74) is 5.55. The predicted octanol–water partition coefficient (Wildman–Crippen LogP) is 6.72. The van der Waals surface area contributed by atoms with Gasteiger partial charge >= 0.3 is 148 Å². The third-order valence-electron chi connectivity index (χ3n) is 5.68. The molecule has 5 nitrogen and oxygen atoms in total. The van der Waals surface area contributed by atoms with E-state index in [9.17, 15) is 5.26 Å². The van der Waals surface area contributed by atoms with Gasteiger partial charge in [-0.15, -0.1) is 0 Å². The second kappa shape index (κ2) is 13.4. The first kappa shape index (κ1) is 28.5. The van der Waals surface area contributed by atoms with E-state index in [0.717, 1.165) is 46.8 Å². The maximum absolute atomic E-state index is 9.75. The van der Waals surface area contributed by atoms with Crippen molar-refractivity contribution in [2.24, 2.45) is 4.99 Å². The van der Waals surface area contributed by atoms with Crippen LogP contribution in [0.5, 0.6) is 5.75 Å². The number of benzene rings is 2. The SMILES string of the molecule is C=C(/N=C(\C=C/C)COc1ccc(C(C)(C)c2cc(C)c(NCCC)c(C#N)c2)cc1)[NH][Sb]([CH3])[CH3]. The number of hydrogen-bond acceptors (Lipinski definition) is 5. The molecule has 0 bridgehead atoms. The molecule has 0 atom stereocenters. The number of aryl methyl sites for hydroxylation is 1. The van der Waals surface area contributed by atoms with Crippen LogP contribution in [0.4, 0.5) is 5.69 Å². The second-order valence-corrected chi connectivity index (χ2v) is 15.0. The first-order valence-electron chi connectivity index (χ1n) is 12.0. The molecule has 2 rings (SSSR count). The Balaban J connectivity index is 2.21. The summed E-state index contributed by atoms with van der Waals surface area (Å²) in [5, 5.41) is 13.2. The number of nitrogens with zero attached hydrogens (tertiary/aromatic N) is 2. The minimum atomic E-state index is -1.40. The van der Waals surface area contributed by atoms with Crippen LogP contribution >= 0.6 is 0 Å².